The Labute approximate surface area is 135 Å². The molecule has 0 bridgehead atoms. The van der Waals surface area contributed by atoms with Crippen molar-refractivity contribution in [2.45, 2.75) is 25.4 Å². The first-order chi connectivity index (χ1) is 11.0. The minimum absolute atomic E-state index is 0.0201. The Morgan fingerprint density at radius 3 is 2.57 bits per heavy atom. The molecule has 5 nitrogen and oxygen atoms in total. The van der Waals surface area contributed by atoms with Gasteiger partial charge in [-0.15, -0.1) is 0 Å². The molecule has 1 aromatic heterocycles. The van der Waals surface area contributed by atoms with Crippen LogP contribution in [0.3, 0.4) is 0 Å². The molecule has 5 heteroatoms. The number of aromatic nitrogens is 1. The smallest absolute Gasteiger partial charge is 0.251 e. The molecule has 0 spiro atoms. The fourth-order valence-corrected chi connectivity index (χ4v) is 2.48. The third-order valence-corrected chi connectivity index (χ3v) is 3.77. The predicted octanol–water partition coefficient (Wildman–Crippen LogP) is 1.67. The first kappa shape index (κ1) is 17.0. The molecule has 0 aliphatic carbocycles. The van der Waals surface area contributed by atoms with Crippen LogP contribution in [0.15, 0.2) is 53.5 Å². The van der Waals surface area contributed by atoms with Gasteiger partial charge in [-0.1, -0.05) is 30.3 Å². The SMILES string of the molecule is CC(O)CC(CNC(=O)c1ccn(C)c(=O)c1)c1ccccc1. The number of nitrogens with zero attached hydrogens (tertiary/aromatic N) is 1. The van der Waals surface area contributed by atoms with Crippen molar-refractivity contribution in [2.24, 2.45) is 7.05 Å². The Hall–Kier alpha value is -2.40. The van der Waals surface area contributed by atoms with Crippen LogP contribution in [0.25, 0.3) is 0 Å². The molecule has 2 aromatic rings. The number of nitrogens with one attached hydrogen (secondary N) is 1. The van der Waals surface area contributed by atoms with Crippen LogP contribution in [0.4, 0.5) is 0 Å². The lowest BCUT2D eigenvalue weighted by Gasteiger charge is -2.19. The summed E-state index contributed by atoms with van der Waals surface area (Å²) < 4.78 is 1.41. The number of carbonyl (C=O) groups excluding carboxylic acids is 1. The van der Waals surface area contributed by atoms with Crippen molar-refractivity contribution in [3.63, 3.8) is 0 Å². The van der Waals surface area contributed by atoms with Gasteiger partial charge < -0.3 is 15.0 Å². The molecule has 2 atom stereocenters. The lowest BCUT2D eigenvalue weighted by atomic mass is 9.93. The Morgan fingerprint density at radius 1 is 1.26 bits per heavy atom. The molecule has 1 amide bonds. The van der Waals surface area contributed by atoms with Gasteiger partial charge in [-0.2, -0.15) is 0 Å². The van der Waals surface area contributed by atoms with Gasteiger partial charge in [0.05, 0.1) is 6.10 Å². The maximum atomic E-state index is 12.2. The van der Waals surface area contributed by atoms with Crippen LogP contribution in [0.1, 0.15) is 35.2 Å². The van der Waals surface area contributed by atoms with E-state index in [0.29, 0.717) is 18.5 Å². The summed E-state index contributed by atoms with van der Waals surface area (Å²) in [4.78, 5) is 23.8. The number of aliphatic hydroxyl groups excluding tert-OH is 1. The number of hydrogen-bond donors (Lipinski definition) is 2. The van der Waals surface area contributed by atoms with Gasteiger partial charge in [0.1, 0.15) is 0 Å². The van der Waals surface area contributed by atoms with E-state index in [4.69, 9.17) is 0 Å². The van der Waals surface area contributed by atoms with Crippen LogP contribution in [0.5, 0.6) is 0 Å². The first-order valence-corrected chi connectivity index (χ1v) is 7.65. The highest BCUT2D eigenvalue weighted by Gasteiger charge is 2.16. The fraction of sp³-hybridized carbons (Fsp3) is 0.333. The van der Waals surface area contributed by atoms with Gasteiger partial charge >= 0.3 is 0 Å². The molecular weight excluding hydrogens is 292 g/mol. The second-order valence-electron chi connectivity index (χ2n) is 5.77. The molecule has 0 aliphatic heterocycles. The van der Waals surface area contributed by atoms with Crippen LogP contribution in [-0.2, 0) is 7.05 Å². The van der Waals surface area contributed by atoms with E-state index in [1.54, 1.807) is 26.2 Å². The third kappa shape index (κ3) is 4.79. The molecule has 122 valence electrons. The van der Waals surface area contributed by atoms with Gasteiger partial charge in [-0.05, 0) is 25.0 Å². The van der Waals surface area contributed by atoms with Crippen LogP contribution < -0.4 is 10.9 Å². The summed E-state index contributed by atoms with van der Waals surface area (Å²) in [5, 5.41) is 12.5. The number of hydrogen-bond acceptors (Lipinski definition) is 3. The third-order valence-electron chi connectivity index (χ3n) is 3.77. The number of aliphatic hydroxyl groups is 1. The van der Waals surface area contributed by atoms with E-state index < -0.39 is 6.10 Å². The van der Waals surface area contributed by atoms with E-state index in [1.807, 2.05) is 30.3 Å². The second-order valence-corrected chi connectivity index (χ2v) is 5.77. The van der Waals surface area contributed by atoms with Crippen molar-refractivity contribution < 1.29 is 9.90 Å². The van der Waals surface area contributed by atoms with Crippen LogP contribution in [-0.4, -0.2) is 28.2 Å². The standard InChI is InChI=1S/C18H22N2O3/c1-13(21)10-16(14-6-4-3-5-7-14)12-19-18(23)15-8-9-20(2)17(22)11-15/h3-9,11,13,16,21H,10,12H2,1-2H3,(H,19,23). The topological polar surface area (TPSA) is 71.3 Å². The van der Waals surface area contributed by atoms with Gasteiger partial charge in [0.15, 0.2) is 0 Å². The van der Waals surface area contributed by atoms with E-state index in [-0.39, 0.29) is 17.4 Å². The average Bonchev–Trinajstić information content (AvgIpc) is 2.54. The molecular formula is C18H22N2O3. The van der Waals surface area contributed by atoms with Gasteiger partial charge in [-0.25, -0.2) is 0 Å². The molecule has 0 saturated carbocycles. The highest BCUT2D eigenvalue weighted by atomic mass is 16.3. The number of aryl methyl sites for hydroxylation is 1. The van der Waals surface area contributed by atoms with E-state index >= 15 is 0 Å². The van der Waals surface area contributed by atoms with E-state index in [9.17, 15) is 14.7 Å². The monoisotopic (exact) mass is 314 g/mol. The van der Waals surface area contributed by atoms with Crippen LogP contribution >= 0.6 is 0 Å². The van der Waals surface area contributed by atoms with Crippen molar-refractivity contribution >= 4 is 5.91 Å². The summed E-state index contributed by atoms with van der Waals surface area (Å²) >= 11 is 0. The van der Waals surface area contributed by atoms with Gasteiger partial charge in [0.2, 0.25) is 0 Å². The Morgan fingerprint density at radius 2 is 1.96 bits per heavy atom. The molecule has 0 aliphatic rings. The average molecular weight is 314 g/mol. The maximum Gasteiger partial charge on any atom is 0.251 e. The van der Waals surface area contributed by atoms with Crippen molar-refractivity contribution in [2.75, 3.05) is 6.54 Å². The summed E-state index contributed by atoms with van der Waals surface area (Å²) in [6, 6.07) is 12.7. The largest absolute Gasteiger partial charge is 0.393 e. The number of rotatable bonds is 6. The molecule has 2 unspecified atom stereocenters. The fourth-order valence-electron chi connectivity index (χ4n) is 2.48. The van der Waals surface area contributed by atoms with Gasteiger partial charge in [0, 0.05) is 37.3 Å². The quantitative estimate of drug-likeness (QED) is 0.852. The molecule has 0 fully saturated rings. The van der Waals surface area contributed by atoms with Crippen molar-refractivity contribution in [1.82, 2.24) is 9.88 Å². The number of benzene rings is 1. The zero-order valence-corrected chi connectivity index (χ0v) is 13.4. The Kier molecular flexibility index (Phi) is 5.71. The Bertz CT molecular complexity index is 708. The van der Waals surface area contributed by atoms with E-state index in [2.05, 4.69) is 5.32 Å². The first-order valence-electron chi connectivity index (χ1n) is 7.65. The maximum absolute atomic E-state index is 12.2. The second kappa shape index (κ2) is 7.74. The number of carbonyl (C=O) groups is 1. The van der Waals surface area contributed by atoms with E-state index in [1.165, 1.54) is 10.6 Å². The molecule has 0 radical (unpaired) electrons. The van der Waals surface area contributed by atoms with E-state index in [0.717, 1.165) is 5.56 Å². The molecule has 2 N–H and O–H groups in total. The van der Waals surface area contributed by atoms with Crippen molar-refractivity contribution in [3.8, 4) is 0 Å². The molecule has 1 aromatic carbocycles. The zero-order valence-electron chi connectivity index (χ0n) is 13.4. The van der Waals surface area contributed by atoms with Crippen LogP contribution in [0, 0.1) is 0 Å². The summed E-state index contributed by atoms with van der Waals surface area (Å²) in [6.07, 6.45) is 1.67. The minimum atomic E-state index is -0.457. The van der Waals surface area contributed by atoms with Gasteiger partial charge in [-0.3, -0.25) is 9.59 Å². The Balaban J connectivity index is 2.07. The van der Waals surface area contributed by atoms with Gasteiger partial charge in [0.25, 0.3) is 11.5 Å². The van der Waals surface area contributed by atoms with Crippen LogP contribution in [0.2, 0.25) is 0 Å². The summed E-state index contributed by atoms with van der Waals surface area (Å²) in [5.41, 5.74) is 1.19. The summed E-state index contributed by atoms with van der Waals surface area (Å²) in [5.74, 6) is -0.263. The number of pyridine rings is 1. The zero-order chi connectivity index (χ0) is 16.8. The normalized spacial score (nSPS) is 13.3. The molecule has 1 heterocycles. The lowest BCUT2D eigenvalue weighted by molar-refractivity contribution is 0.0945. The highest BCUT2D eigenvalue weighted by Crippen LogP contribution is 2.20. The summed E-state index contributed by atoms with van der Waals surface area (Å²) in [7, 11) is 1.64. The van der Waals surface area contributed by atoms with Crippen molar-refractivity contribution in [3.05, 3.63) is 70.1 Å². The minimum Gasteiger partial charge on any atom is -0.393 e. The number of amides is 1. The van der Waals surface area contributed by atoms with Crippen molar-refractivity contribution in [1.29, 1.82) is 0 Å². The summed E-state index contributed by atoms with van der Waals surface area (Å²) in [6.45, 7) is 2.14. The predicted molar refractivity (Wildman–Crippen MR) is 89.5 cm³/mol. The molecule has 23 heavy (non-hydrogen) atoms. The lowest BCUT2D eigenvalue weighted by Crippen LogP contribution is -2.31. The molecule has 0 saturated heterocycles. The highest BCUT2D eigenvalue weighted by molar-refractivity contribution is 5.94. The molecule has 2 rings (SSSR count).